The van der Waals surface area contributed by atoms with E-state index in [9.17, 15) is 43.5 Å². The average molecular weight is 1130 g/mol. The van der Waals surface area contributed by atoms with Crippen LogP contribution in [0.2, 0.25) is 0 Å². The predicted octanol–water partition coefficient (Wildman–Crippen LogP) is 4.15. The lowest BCUT2D eigenvalue weighted by molar-refractivity contribution is -0.172. The number of carbonyl (C=O) groups is 8. The molecule has 3 unspecified atom stereocenters. The molecule has 23 heteroatoms. The first kappa shape index (κ1) is 65.3. The molecule has 5 heterocycles. The van der Waals surface area contributed by atoms with Crippen LogP contribution >= 0.6 is 11.8 Å². The molecule has 2 aromatic carbocycles. The maximum absolute atomic E-state index is 13.4. The lowest BCUT2D eigenvalue weighted by Crippen LogP contribution is -2.51. The van der Waals surface area contributed by atoms with Crippen LogP contribution in [0.1, 0.15) is 109 Å². The van der Waals surface area contributed by atoms with Gasteiger partial charge in [-0.05, 0) is 112 Å². The summed E-state index contributed by atoms with van der Waals surface area (Å²) in [6.07, 6.45) is 4.08. The number of carbonyl (C=O) groups excluding carboxylic acids is 8. The number of esters is 1. The van der Waals surface area contributed by atoms with E-state index in [2.05, 4.69) is 44.8 Å². The van der Waals surface area contributed by atoms with Crippen molar-refractivity contribution in [3.05, 3.63) is 86.7 Å². The molecule has 22 nitrogen and oxygen atoms in total. The Morgan fingerprint density at radius 2 is 1.71 bits per heavy atom. The first-order valence-corrected chi connectivity index (χ1v) is 28.0. The summed E-state index contributed by atoms with van der Waals surface area (Å²) in [4.78, 5) is 115. The quantitative estimate of drug-likeness (QED) is 0.0287. The van der Waals surface area contributed by atoms with Gasteiger partial charge in [-0.1, -0.05) is 53.7 Å². The molecule has 6 amide bonds. The molecule has 3 atom stereocenters. The maximum Gasteiger partial charge on any atom is 0.343 e. The number of likely N-dealkylation sites (N-methyl/N-ethyl adjacent to an activating group) is 1. The van der Waals surface area contributed by atoms with Crippen LogP contribution < -0.4 is 37.3 Å². The number of hydrogen-bond donors (Lipinski definition) is 6. The van der Waals surface area contributed by atoms with Crippen LogP contribution in [0.4, 0.5) is 5.69 Å². The summed E-state index contributed by atoms with van der Waals surface area (Å²) in [5.74, 6) is -1.08. The number of hydrogen-bond acceptors (Lipinski definition) is 17. The van der Waals surface area contributed by atoms with Gasteiger partial charge in [0.25, 0.3) is 12.0 Å². The topological polar surface area (TPSA) is 300 Å². The minimum atomic E-state index is -1.83. The predicted molar refractivity (Wildman–Crippen MR) is 307 cm³/mol. The Hall–Kier alpha value is -7.21. The molecule has 0 aliphatic carbocycles. The Bertz CT molecular complexity index is 2870. The number of fused-ring (bicyclic) bond motifs is 5. The fourth-order valence-electron chi connectivity index (χ4n) is 8.73. The van der Waals surface area contributed by atoms with Crippen molar-refractivity contribution in [2.75, 3.05) is 65.0 Å². The van der Waals surface area contributed by atoms with Crippen LogP contribution in [0.5, 0.6) is 5.75 Å². The number of imide groups is 1. The zero-order chi connectivity index (χ0) is 59.1. The first-order chi connectivity index (χ1) is 38.3. The van der Waals surface area contributed by atoms with Crippen molar-refractivity contribution in [1.29, 1.82) is 0 Å². The van der Waals surface area contributed by atoms with E-state index in [-0.39, 0.29) is 81.4 Å². The Labute approximate surface area is 473 Å². The Morgan fingerprint density at radius 3 is 2.31 bits per heavy atom. The van der Waals surface area contributed by atoms with Gasteiger partial charge in [0.15, 0.2) is 5.60 Å². The number of benzene rings is 2. The number of nitrogens with zero attached hydrogens (tertiary/aromatic N) is 4. The summed E-state index contributed by atoms with van der Waals surface area (Å²) < 4.78 is 17.4. The highest BCUT2D eigenvalue weighted by Gasteiger charge is 2.45. The minimum Gasteiger partial charge on any atom is -0.492 e. The molecule has 7 rings (SSSR count). The number of thioether (sulfide) groups is 1. The van der Waals surface area contributed by atoms with Crippen LogP contribution in [0, 0.1) is 5.92 Å². The SMILES string of the molecule is CCCN.CCCSC1CC(=O)N(CCCC(=O)NC(C(=O)NCC(=O)Nc2ccc(COC=O)cc2)C(C)C)C1=O.CCc1c2c(nc3ccc(OCCN(C)C)cc13)-c1cc3c(c(=O)n1C2)COC(=O)C3(O)CC.CNC=O.[HH]. The van der Waals surface area contributed by atoms with Crippen molar-refractivity contribution >= 4 is 76.7 Å². The Balaban J connectivity index is 0.000000372. The summed E-state index contributed by atoms with van der Waals surface area (Å²) in [5, 5.41) is 21.8. The maximum atomic E-state index is 13.4. The first-order valence-electron chi connectivity index (χ1n) is 26.9. The smallest absolute Gasteiger partial charge is 0.343 e. The third-order valence-corrected chi connectivity index (χ3v) is 14.5. The second kappa shape index (κ2) is 32.1. The number of pyridine rings is 2. The molecular formula is C57H81N9O13S. The molecule has 0 radical (unpaired) electrons. The van der Waals surface area contributed by atoms with Gasteiger partial charge >= 0.3 is 5.97 Å². The molecule has 2 aromatic heterocycles. The third-order valence-electron chi connectivity index (χ3n) is 13.1. The third kappa shape index (κ3) is 17.4. The molecule has 7 N–H and O–H groups in total. The fraction of sp³-hybridized carbons (Fsp3) is 0.509. The van der Waals surface area contributed by atoms with Crippen molar-refractivity contribution in [1.82, 2.24) is 35.3 Å². The van der Waals surface area contributed by atoms with Gasteiger partial charge in [0, 0.05) is 56.6 Å². The van der Waals surface area contributed by atoms with Crippen molar-refractivity contribution in [3.63, 3.8) is 0 Å². The van der Waals surface area contributed by atoms with Crippen LogP contribution in [-0.2, 0) is 79.6 Å². The van der Waals surface area contributed by atoms with Gasteiger partial charge in [-0.2, -0.15) is 0 Å². The van der Waals surface area contributed by atoms with E-state index in [4.69, 9.17) is 25.0 Å². The normalized spacial score (nSPS) is 16.0. The highest BCUT2D eigenvalue weighted by atomic mass is 32.2. The lowest BCUT2D eigenvalue weighted by Gasteiger charge is -2.31. The fourth-order valence-corrected chi connectivity index (χ4v) is 9.78. The summed E-state index contributed by atoms with van der Waals surface area (Å²) in [7, 11) is 5.58. The molecule has 1 fully saturated rings. The summed E-state index contributed by atoms with van der Waals surface area (Å²) in [5.41, 5.74) is 9.18. The van der Waals surface area contributed by atoms with Crippen molar-refractivity contribution in [2.45, 2.75) is 123 Å². The second-order valence-corrected chi connectivity index (χ2v) is 20.9. The standard InChI is InChI=1S/C26H36N4O7S.C26H29N3O5.C3H9N.C2H5NO.H2/c1-4-12-38-20-13-23(34)30(26(20)36)11-5-6-21(32)29-24(17(2)3)25(35)27-14-22(33)28-19-9-7-18(8-10-19)15-37-16-31;1-5-16-17-11-15(33-10-9-28(3)4)7-8-21(17)27-23-18(16)13-29-22(23)12-20-19(24(29)30)14-34-25(31)26(20,32)6-2;1-2-3-4;1-3-2-4;/h7-10,16-17,20,24H,4-6,11-15H2,1-3H3,(H,27,35)(H,28,33)(H,29,32);7-8,11-12,32H,5-6,9-10,13-14H2,1-4H3;2-4H2,1H3;2H,1H3,(H,3,4);1H. The van der Waals surface area contributed by atoms with Crippen molar-refractivity contribution in [2.24, 2.45) is 11.7 Å². The number of nitrogens with two attached hydrogens (primary N) is 1. The molecule has 0 spiro atoms. The molecule has 3 aliphatic heterocycles. The lowest BCUT2D eigenvalue weighted by atomic mass is 9.86. The van der Waals surface area contributed by atoms with Gasteiger partial charge in [-0.15, -0.1) is 11.8 Å². The second-order valence-electron chi connectivity index (χ2n) is 19.6. The van der Waals surface area contributed by atoms with Crippen LogP contribution in [-0.4, -0.2) is 144 Å². The van der Waals surface area contributed by atoms with Crippen molar-refractivity contribution < 1.29 is 59.1 Å². The number of aliphatic hydroxyl groups is 1. The molecule has 80 heavy (non-hydrogen) atoms. The molecule has 4 aromatic rings. The molecule has 0 saturated carbocycles. The zero-order valence-corrected chi connectivity index (χ0v) is 48.3. The van der Waals surface area contributed by atoms with E-state index in [1.54, 1.807) is 62.7 Å². The highest BCUT2D eigenvalue weighted by molar-refractivity contribution is 8.00. The van der Waals surface area contributed by atoms with Gasteiger partial charge in [-0.25, -0.2) is 9.78 Å². The van der Waals surface area contributed by atoms with Crippen LogP contribution in [0.25, 0.3) is 22.3 Å². The van der Waals surface area contributed by atoms with E-state index >= 15 is 0 Å². The van der Waals surface area contributed by atoms with E-state index < -0.39 is 29.4 Å². The molecule has 0 bridgehead atoms. The van der Waals surface area contributed by atoms with Gasteiger partial charge < -0.3 is 55.8 Å². The number of aromatic nitrogens is 2. The number of amides is 6. The summed E-state index contributed by atoms with van der Waals surface area (Å²) in [6, 6.07) is 13.5. The Morgan fingerprint density at radius 1 is 1.01 bits per heavy atom. The number of ether oxygens (including phenoxy) is 3. The highest BCUT2D eigenvalue weighted by Crippen LogP contribution is 2.41. The van der Waals surface area contributed by atoms with Crippen LogP contribution in [0.15, 0.2) is 53.3 Å². The van der Waals surface area contributed by atoms with Gasteiger partial charge in [0.2, 0.25) is 35.9 Å². The minimum absolute atomic E-state index is 0. The number of nitrogens with one attached hydrogen (secondary N) is 4. The monoisotopic (exact) mass is 1130 g/mol. The molecule has 1 saturated heterocycles. The van der Waals surface area contributed by atoms with Gasteiger partial charge in [0.1, 0.15) is 31.6 Å². The zero-order valence-electron chi connectivity index (χ0n) is 47.4. The number of cyclic esters (lactones) is 1. The van der Waals surface area contributed by atoms with E-state index in [1.165, 1.54) is 16.7 Å². The summed E-state index contributed by atoms with van der Waals surface area (Å²) in [6.45, 7) is 14.3. The largest absolute Gasteiger partial charge is 0.492 e. The summed E-state index contributed by atoms with van der Waals surface area (Å²) >= 11 is 1.48. The van der Waals surface area contributed by atoms with E-state index in [0.717, 1.165) is 77.1 Å². The van der Waals surface area contributed by atoms with E-state index in [1.807, 2.05) is 39.2 Å². The molecule has 438 valence electrons. The van der Waals surface area contributed by atoms with Crippen molar-refractivity contribution in [3.8, 4) is 17.1 Å². The molecule has 3 aliphatic rings. The van der Waals surface area contributed by atoms with E-state index in [0.29, 0.717) is 55.0 Å². The number of rotatable bonds is 24. The molecular weight excluding hydrogens is 1050 g/mol. The number of anilines is 1. The number of aryl methyl sites for hydroxylation is 1. The van der Waals surface area contributed by atoms with Crippen LogP contribution in [0.3, 0.4) is 0 Å². The van der Waals surface area contributed by atoms with Gasteiger partial charge in [0.05, 0.1) is 40.8 Å². The average Bonchev–Trinajstić information content (AvgIpc) is 3.95. The number of likely N-dealkylation sites (tertiary alicyclic amines) is 1. The Kier molecular flexibility index (Phi) is 26.2. The van der Waals surface area contributed by atoms with Gasteiger partial charge in [-0.3, -0.25) is 43.3 Å².